The van der Waals surface area contributed by atoms with E-state index in [1.165, 1.54) is 6.92 Å². The lowest BCUT2D eigenvalue weighted by molar-refractivity contribution is -0.119. The van der Waals surface area contributed by atoms with E-state index in [0.717, 1.165) is 17.0 Å². The molecule has 2 unspecified atom stereocenters. The molecule has 0 radical (unpaired) electrons. The summed E-state index contributed by atoms with van der Waals surface area (Å²) >= 11 is 0. The number of amides is 1. The number of aryl methyl sites for hydroxylation is 1. The Morgan fingerprint density at radius 3 is 2.95 bits per heavy atom. The van der Waals surface area contributed by atoms with Crippen LogP contribution in [0, 0.1) is 18.3 Å². The molecular formula is C15H19N5O. The predicted octanol–water partition coefficient (Wildman–Crippen LogP) is 1.32. The Kier molecular flexibility index (Phi) is 4.55. The minimum absolute atomic E-state index is 0.0437. The Morgan fingerprint density at radius 2 is 2.29 bits per heavy atom. The van der Waals surface area contributed by atoms with Crippen molar-refractivity contribution in [2.24, 2.45) is 0 Å². The summed E-state index contributed by atoms with van der Waals surface area (Å²) in [6.07, 6.45) is 1.90. The fraction of sp³-hybridized carbons (Fsp3) is 0.400. The zero-order valence-electron chi connectivity index (χ0n) is 12.4. The summed E-state index contributed by atoms with van der Waals surface area (Å²) in [5.74, 6) is -0.0798. The number of carbonyl (C=O) groups is 1. The Bertz CT molecular complexity index is 685. The Labute approximate surface area is 123 Å². The van der Waals surface area contributed by atoms with E-state index >= 15 is 0 Å². The average molecular weight is 285 g/mol. The van der Waals surface area contributed by atoms with Gasteiger partial charge in [-0.2, -0.15) is 5.26 Å². The molecule has 0 spiro atoms. The lowest BCUT2D eigenvalue weighted by Crippen LogP contribution is -2.40. The maximum absolute atomic E-state index is 11.0. The summed E-state index contributed by atoms with van der Waals surface area (Å²) in [6.45, 7) is 5.78. The molecule has 21 heavy (non-hydrogen) atoms. The van der Waals surface area contributed by atoms with Crippen molar-refractivity contribution in [2.45, 2.75) is 32.9 Å². The maximum Gasteiger partial charge on any atom is 0.217 e. The monoisotopic (exact) mass is 285 g/mol. The van der Waals surface area contributed by atoms with E-state index in [4.69, 9.17) is 0 Å². The zero-order chi connectivity index (χ0) is 15.4. The minimum atomic E-state index is -0.474. The van der Waals surface area contributed by atoms with Crippen LogP contribution in [0.2, 0.25) is 0 Å². The van der Waals surface area contributed by atoms with Crippen LogP contribution in [0.15, 0.2) is 24.4 Å². The number of carbonyl (C=O) groups excluding carboxylic acids is 1. The molecule has 2 heterocycles. The molecular weight excluding hydrogens is 266 g/mol. The summed E-state index contributed by atoms with van der Waals surface area (Å²) in [4.78, 5) is 15.5. The summed E-state index contributed by atoms with van der Waals surface area (Å²) in [5, 5.41) is 15.4. The van der Waals surface area contributed by atoms with Crippen LogP contribution < -0.4 is 10.6 Å². The van der Waals surface area contributed by atoms with E-state index in [2.05, 4.69) is 21.7 Å². The lowest BCUT2D eigenvalue weighted by atomic mass is 10.1. The van der Waals surface area contributed by atoms with Crippen molar-refractivity contribution >= 4 is 11.6 Å². The van der Waals surface area contributed by atoms with Crippen molar-refractivity contribution in [3.63, 3.8) is 0 Å². The highest BCUT2D eigenvalue weighted by atomic mass is 16.1. The van der Waals surface area contributed by atoms with E-state index in [9.17, 15) is 10.1 Å². The third-order valence-corrected chi connectivity index (χ3v) is 3.23. The highest BCUT2D eigenvalue weighted by Gasteiger charge is 2.19. The molecule has 2 aromatic rings. The number of nitrogens with one attached hydrogen (secondary N) is 2. The Balaban J connectivity index is 2.19. The highest BCUT2D eigenvalue weighted by molar-refractivity contribution is 5.73. The molecule has 0 saturated carbocycles. The number of imidazole rings is 1. The van der Waals surface area contributed by atoms with Gasteiger partial charge >= 0.3 is 0 Å². The van der Waals surface area contributed by atoms with Gasteiger partial charge in [0.2, 0.25) is 5.91 Å². The number of pyridine rings is 1. The second-order valence-corrected chi connectivity index (χ2v) is 5.08. The van der Waals surface area contributed by atoms with E-state index in [1.807, 2.05) is 42.6 Å². The van der Waals surface area contributed by atoms with Gasteiger partial charge in [-0.1, -0.05) is 6.07 Å². The summed E-state index contributed by atoms with van der Waals surface area (Å²) in [7, 11) is 0. The quantitative estimate of drug-likeness (QED) is 0.868. The van der Waals surface area contributed by atoms with Gasteiger partial charge in [0.05, 0.1) is 17.5 Å². The second kappa shape index (κ2) is 6.37. The smallest absolute Gasteiger partial charge is 0.217 e. The summed E-state index contributed by atoms with van der Waals surface area (Å²) < 4.78 is 1.92. The van der Waals surface area contributed by atoms with Gasteiger partial charge < -0.3 is 9.72 Å². The Hall–Kier alpha value is -2.39. The Morgan fingerprint density at radius 1 is 1.52 bits per heavy atom. The minimum Gasteiger partial charge on any atom is -0.353 e. The first kappa shape index (κ1) is 15.0. The number of nitriles is 1. The van der Waals surface area contributed by atoms with Gasteiger partial charge in [0.25, 0.3) is 0 Å². The molecule has 2 atom stereocenters. The number of fused-ring (bicyclic) bond motifs is 1. The lowest BCUT2D eigenvalue weighted by Gasteiger charge is -2.17. The van der Waals surface area contributed by atoms with Gasteiger partial charge in [0.15, 0.2) is 0 Å². The van der Waals surface area contributed by atoms with Crippen molar-refractivity contribution < 1.29 is 4.79 Å². The van der Waals surface area contributed by atoms with Crippen molar-refractivity contribution in [1.29, 1.82) is 5.26 Å². The van der Waals surface area contributed by atoms with Crippen LogP contribution in [0.4, 0.5) is 0 Å². The van der Waals surface area contributed by atoms with E-state index < -0.39 is 6.04 Å². The molecule has 6 heteroatoms. The average Bonchev–Trinajstić information content (AvgIpc) is 2.75. The standard InChI is InChI=1S/C15H19N5O/c1-10(18-12(3)21)9-17-13(8-16)15-11(2)19-14-6-4-5-7-20(14)15/h4-7,10,13,17H,9H2,1-3H3,(H,18,21). The number of aromatic nitrogens is 2. The van der Waals surface area contributed by atoms with Crippen LogP contribution >= 0.6 is 0 Å². The maximum atomic E-state index is 11.0. The van der Waals surface area contributed by atoms with Gasteiger partial charge in [-0.3, -0.25) is 10.1 Å². The van der Waals surface area contributed by atoms with Crippen molar-refractivity contribution in [3.05, 3.63) is 35.8 Å². The molecule has 0 fully saturated rings. The molecule has 0 aliphatic rings. The number of rotatable bonds is 5. The van der Waals surface area contributed by atoms with Crippen LogP contribution in [0.25, 0.3) is 5.65 Å². The summed E-state index contributed by atoms with van der Waals surface area (Å²) in [6, 6.07) is 7.48. The van der Waals surface area contributed by atoms with Gasteiger partial charge in [-0.25, -0.2) is 4.98 Å². The normalized spacial score (nSPS) is 13.6. The van der Waals surface area contributed by atoms with Gasteiger partial charge in [-0.05, 0) is 26.0 Å². The zero-order valence-corrected chi connectivity index (χ0v) is 12.4. The topological polar surface area (TPSA) is 82.2 Å². The van der Waals surface area contributed by atoms with Crippen LogP contribution in [-0.4, -0.2) is 27.9 Å². The molecule has 2 aromatic heterocycles. The fourth-order valence-corrected chi connectivity index (χ4v) is 2.38. The molecule has 1 amide bonds. The second-order valence-electron chi connectivity index (χ2n) is 5.08. The predicted molar refractivity (Wildman–Crippen MR) is 79.6 cm³/mol. The largest absolute Gasteiger partial charge is 0.353 e. The molecule has 2 rings (SSSR count). The van der Waals surface area contributed by atoms with Crippen molar-refractivity contribution in [2.75, 3.05) is 6.54 Å². The SMILES string of the molecule is CC(=O)NC(C)CNC(C#N)c1c(C)nc2ccccn12. The molecule has 110 valence electrons. The number of hydrogen-bond donors (Lipinski definition) is 2. The van der Waals surface area contributed by atoms with E-state index in [0.29, 0.717) is 6.54 Å². The van der Waals surface area contributed by atoms with Crippen LogP contribution in [0.5, 0.6) is 0 Å². The molecule has 0 bridgehead atoms. The third kappa shape index (κ3) is 3.38. The number of nitrogens with zero attached hydrogens (tertiary/aromatic N) is 3. The van der Waals surface area contributed by atoms with Crippen molar-refractivity contribution in [1.82, 2.24) is 20.0 Å². The highest BCUT2D eigenvalue weighted by Crippen LogP contribution is 2.19. The molecule has 6 nitrogen and oxygen atoms in total. The molecule has 0 aliphatic heterocycles. The van der Waals surface area contributed by atoms with E-state index in [-0.39, 0.29) is 11.9 Å². The van der Waals surface area contributed by atoms with E-state index in [1.54, 1.807) is 0 Å². The molecule has 2 N–H and O–H groups in total. The van der Waals surface area contributed by atoms with Gasteiger partial charge in [0, 0.05) is 25.7 Å². The first-order chi connectivity index (χ1) is 10.0. The molecule has 0 saturated heterocycles. The van der Waals surface area contributed by atoms with Gasteiger partial charge in [0.1, 0.15) is 11.7 Å². The first-order valence-electron chi connectivity index (χ1n) is 6.86. The third-order valence-electron chi connectivity index (χ3n) is 3.23. The number of hydrogen-bond acceptors (Lipinski definition) is 4. The molecule has 0 aromatic carbocycles. The summed E-state index contributed by atoms with van der Waals surface area (Å²) in [5.41, 5.74) is 2.48. The van der Waals surface area contributed by atoms with Crippen LogP contribution in [-0.2, 0) is 4.79 Å². The van der Waals surface area contributed by atoms with Gasteiger partial charge in [-0.15, -0.1) is 0 Å². The van der Waals surface area contributed by atoms with Crippen molar-refractivity contribution in [3.8, 4) is 6.07 Å². The van der Waals surface area contributed by atoms with Crippen LogP contribution in [0.1, 0.15) is 31.3 Å². The van der Waals surface area contributed by atoms with Crippen LogP contribution in [0.3, 0.4) is 0 Å². The fourth-order valence-electron chi connectivity index (χ4n) is 2.38. The first-order valence-corrected chi connectivity index (χ1v) is 6.86. The molecule has 0 aliphatic carbocycles.